The Morgan fingerprint density at radius 3 is 2.69 bits per heavy atom. The Morgan fingerprint density at radius 2 is 2.06 bits per heavy atom. The predicted molar refractivity (Wildman–Crippen MR) is 129 cm³/mol. The molecule has 1 saturated heterocycles. The van der Waals surface area contributed by atoms with Crippen molar-refractivity contribution >= 4 is 27.0 Å². The van der Waals surface area contributed by atoms with E-state index in [0.29, 0.717) is 55.8 Å². The van der Waals surface area contributed by atoms with E-state index in [0.717, 1.165) is 6.42 Å². The Kier molecular flexibility index (Phi) is 5.86. The molecule has 0 amide bonds. The van der Waals surface area contributed by atoms with Crippen molar-refractivity contribution in [1.82, 2.24) is 29.0 Å². The molecule has 3 aromatic heterocycles. The van der Waals surface area contributed by atoms with Crippen LogP contribution in [0.4, 0.5) is 5.95 Å². The first-order valence-electron chi connectivity index (χ1n) is 11.6. The molecular formula is C23H27N7O4S. The normalized spacial score (nSPS) is 24.0. The van der Waals surface area contributed by atoms with Gasteiger partial charge in [0.15, 0.2) is 0 Å². The predicted octanol–water partition coefficient (Wildman–Crippen LogP) is 1.24. The van der Waals surface area contributed by atoms with Crippen molar-refractivity contribution in [2.24, 2.45) is 0 Å². The summed E-state index contributed by atoms with van der Waals surface area (Å²) in [5.41, 5.74) is -0.778. The lowest BCUT2D eigenvalue weighted by Gasteiger charge is -2.31. The van der Waals surface area contributed by atoms with Gasteiger partial charge in [0, 0.05) is 36.9 Å². The van der Waals surface area contributed by atoms with Gasteiger partial charge in [-0.1, -0.05) is 5.92 Å². The number of terminal acetylenes is 1. The average Bonchev–Trinajstić information content (AvgIpc) is 3.49. The first kappa shape index (κ1) is 23.5. The Balaban J connectivity index is 1.40. The van der Waals surface area contributed by atoms with E-state index in [1.807, 2.05) is 0 Å². The third-order valence-electron chi connectivity index (χ3n) is 7.02. The van der Waals surface area contributed by atoms with E-state index < -0.39 is 21.7 Å². The number of anilines is 1. The quantitative estimate of drug-likeness (QED) is 0.446. The fourth-order valence-corrected chi connectivity index (χ4v) is 6.45. The molecule has 0 bridgehead atoms. The molecular weight excluding hydrogens is 470 g/mol. The molecule has 1 aliphatic carbocycles. The van der Waals surface area contributed by atoms with Crippen molar-refractivity contribution in [3.05, 3.63) is 40.6 Å². The molecule has 2 atom stereocenters. The number of nitrogens with zero attached hydrogens (tertiary/aromatic N) is 5. The second-order valence-corrected chi connectivity index (χ2v) is 11.3. The van der Waals surface area contributed by atoms with Gasteiger partial charge in [-0.05, 0) is 45.1 Å². The summed E-state index contributed by atoms with van der Waals surface area (Å²) in [5, 5.41) is 21.1. The molecule has 2 aliphatic rings. The molecule has 1 saturated carbocycles. The van der Waals surface area contributed by atoms with Gasteiger partial charge in [0.05, 0.1) is 23.4 Å². The number of rotatable bonds is 5. The molecule has 0 aromatic carbocycles. The molecule has 4 heterocycles. The highest BCUT2D eigenvalue weighted by Crippen LogP contribution is 2.39. The van der Waals surface area contributed by atoms with Crippen LogP contribution in [0.1, 0.15) is 50.6 Å². The van der Waals surface area contributed by atoms with Gasteiger partial charge < -0.3 is 10.4 Å². The fourth-order valence-electron chi connectivity index (χ4n) is 5.07. The lowest BCUT2D eigenvalue weighted by molar-refractivity contribution is 0.0266. The van der Waals surface area contributed by atoms with Gasteiger partial charge >= 0.3 is 0 Å². The van der Waals surface area contributed by atoms with Crippen molar-refractivity contribution < 1.29 is 13.5 Å². The first-order valence-corrected chi connectivity index (χ1v) is 13.0. The second-order valence-electron chi connectivity index (χ2n) is 9.37. The van der Waals surface area contributed by atoms with E-state index in [4.69, 9.17) is 6.42 Å². The molecule has 35 heavy (non-hydrogen) atoms. The zero-order valence-corrected chi connectivity index (χ0v) is 20.1. The summed E-state index contributed by atoms with van der Waals surface area (Å²) in [4.78, 5) is 22.4. The molecule has 3 N–H and O–H groups in total. The molecule has 3 aromatic rings. The smallest absolute Gasteiger partial charge is 0.268 e. The Hall–Kier alpha value is -3.27. The lowest BCUT2D eigenvalue weighted by atomic mass is 9.99. The van der Waals surface area contributed by atoms with Crippen LogP contribution < -0.4 is 10.9 Å². The first-order chi connectivity index (χ1) is 16.7. The highest BCUT2D eigenvalue weighted by Gasteiger charge is 2.40. The number of nitrogens with one attached hydrogen (secondary N) is 2. The molecule has 11 nitrogen and oxygen atoms in total. The van der Waals surface area contributed by atoms with Crippen LogP contribution >= 0.6 is 0 Å². The number of pyridine rings is 1. The van der Waals surface area contributed by atoms with Crippen LogP contribution in [-0.2, 0) is 10.0 Å². The van der Waals surface area contributed by atoms with Crippen molar-refractivity contribution in [1.29, 1.82) is 0 Å². The van der Waals surface area contributed by atoms with E-state index in [2.05, 4.69) is 31.4 Å². The van der Waals surface area contributed by atoms with Crippen molar-refractivity contribution in [3.63, 3.8) is 0 Å². The van der Waals surface area contributed by atoms with Crippen molar-refractivity contribution in [2.45, 2.75) is 61.6 Å². The fraction of sp³-hybridized carbons (Fsp3) is 0.478. The molecule has 0 unspecified atom stereocenters. The van der Waals surface area contributed by atoms with E-state index >= 15 is 0 Å². The SMILES string of the molecule is C#Cc1cc2cnc(NC3CCN(S(=O)(=O)c4cn[nH]c4)CC3)nc2n([C@@H]2CCC[C@@]2(C)O)c1=O. The van der Waals surface area contributed by atoms with Gasteiger partial charge in [-0.25, -0.2) is 13.4 Å². The number of hydrogen-bond acceptors (Lipinski definition) is 8. The van der Waals surface area contributed by atoms with Crippen molar-refractivity contribution in [3.8, 4) is 12.3 Å². The van der Waals surface area contributed by atoms with Crippen LogP contribution in [0.15, 0.2) is 34.3 Å². The summed E-state index contributed by atoms with van der Waals surface area (Å²) in [5.74, 6) is 2.78. The minimum Gasteiger partial charge on any atom is -0.388 e. The summed E-state index contributed by atoms with van der Waals surface area (Å²) >= 11 is 0. The third-order valence-corrected chi connectivity index (χ3v) is 8.88. The summed E-state index contributed by atoms with van der Waals surface area (Å²) in [6.07, 6.45) is 13.0. The van der Waals surface area contributed by atoms with Crippen LogP contribution in [-0.4, -0.2) is 67.3 Å². The topological polar surface area (TPSA) is 146 Å². The third kappa shape index (κ3) is 4.20. The van der Waals surface area contributed by atoms with E-state index in [1.54, 1.807) is 19.2 Å². The van der Waals surface area contributed by atoms with Crippen LogP contribution in [0, 0.1) is 12.3 Å². The van der Waals surface area contributed by atoms with Gasteiger partial charge in [0.2, 0.25) is 16.0 Å². The molecule has 0 radical (unpaired) electrons. The summed E-state index contributed by atoms with van der Waals surface area (Å²) in [6.45, 7) is 2.43. The number of aromatic amines is 1. The highest BCUT2D eigenvalue weighted by molar-refractivity contribution is 7.89. The Bertz CT molecular complexity index is 1450. The van der Waals surface area contributed by atoms with Gasteiger partial charge in [-0.3, -0.25) is 14.5 Å². The van der Waals surface area contributed by atoms with Gasteiger partial charge in [-0.15, -0.1) is 6.42 Å². The lowest BCUT2D eigenvalue weighted by Crippen LogP contribution is -2.42. The second kappa shape index (κ2) is 8.75. The molecule has 5 rings (SSSR count). The van der Waals surface area contributed by atoms with Crippen LogP contribution in [0.5, 0.6) is 0 Å². The standard InChI is InChI=1S/C23H27N7O4S/c1-3-15-11-16-12-24-22(28-20(16)30(21(15)31)19-5-4-8-23(19,2)32)27-17-6-9-29(10-7-17)35(33,34)18-13-25-26-14-18/h1,11-14,17,19,32H,4-10H2,2H3,(H,25,26)(H,24,27,28)/t19-,23-/m1/s1. The monoisotopic (exact) mass is 497 g/mol. The average molecular weight is 498 g/mol. The van der Waals surface area contributed by atoms with Crippen LogP contribution in [0.2, 0.25) is 0 Å². The molecule has 0 spiro atoms. The summed E-state index contributed by atoms with van der Waals surface area (Å²) in [6, 6.07) is 1.12. The maximum absolute atomic E-state index is 13.2. The maximum Gasteiger partial charge on any atom is 0.268 e. The summed E-state index contributed by atoms with van der Waals surface area (Å²) in [7, 11) is -3.58. The zero-order chi connectivity index (χ0) is 24.8. The molecule has 12 heteroatoms. The number of fused-ring (bicyclic) bond motifs is 1. The van der Waals surface area contributed by atoms with E-state index in [9.17, 15) is 18.3 Å². The number of aromatic nitrogens is 5. The number of sulfonamides is 1. The molecule has 184 valence electrons. The van der Waals surface area contributed by atoms with Gasteiger partial charge in [0.1, 0.15) is 10.5 Å². The number of aliphatic hydroxyl groups is 1. The van der Waals surface area contributed by atoms with Crippen LogP contribution in [0.25, 0.3) is 11.0 Å². The number of piperidine rings is 1. The zero-order valence-electron chi connectivity index (χ0n) is 19.3. The van der Waals surface area contributed by atoms with Gasteiger partial charge in [-0.2, -0.15) is 14.4 Å². The maximum atomic E-state index is 13.2. The number of H-pyrrole nitrogens is 1. The van der Waals surface area contributed by atoms with Crippen LogP contribution in [0.3, 0.4) is 0 Å². The Morgan fingerprint density at radius 1 is 1.29 bits per heavy atom. The van der Waals surface area contributed by atoms with E-state index in [1.165, 1.54) is 21.3 Å². The largest absolute Gasteiger partial charge is 0.388 e. The molecule has 2 fully saturated rings. The molecule has 1 aliphatic heterocycles. The minimum absolute atomic E-state index is 0.0389. The van der Waals surface area contributed by atoms with Crippen molar-refractivity contribution in [2.75, 3.05) is 18.4 Å². The Labute approximate surface area is 202 Å². The van der Waals surface area contributed by atoms with E-state index in [-0.39, 0.29) is 22.1 Å². The number of hydrogen-bond donors (Lipinski definition) is 3. The minimum atomic E-state index is -3.58. The highest BCUT2D eigenvalue weighted by atomic mass is 32.2. The van der Waals surface area contributed by atoms with Gasteiger partial charge in [0.25, 0.3) is 5.56 Å². The summed E-state index contributed by atoms with van der Waals surface area (Å²) < 4.78 is 28.4.